The summed E-state index contributed by atoms with van der Waals surface area (Å²) in [5.41, 5.74) is 2.16. The van der Waals surface area contributed by atoms with Gasteiger partial charge in [-0.1, -0.05) is 11.6 Å². The van der Waals surface area contributed by atoms with Gasteiger partial charge in [0.1, 0.15) is 6.10 Å². The van der Waals surface area contributed by atoms with Gasteiger partial charge in [0.05, 0.1) is 40.5 Å². The maximum Gasteiger partial charge on any atom is 0.254 e. The summed E-state index contributed by atoms with van der Waals surface area (Å²) in [6, 6.07) is 0.00149. The van der Waals surface area contributed by atoms with E-state index in [0.717, 1.165) is 6.42 Å². The zero-order chi connectivity index (χ0) is 22.4. The second-order valence-electron chi connectivity index (χ2n) is 7.99. The van der Waals surface area contributed by atoms with Gasteiger partial charge in [-0.2, -0.15) is 5.10 Å². The molecule has 4 heterocycles. The molecule has 1 aliphatic heterocycles. The number of amides is 1. The molecule has 1 atom stereocenters. The highest BCUT2D eigenvalue weighted by molar-refractivity contribution is 6.35. The summed E-state index contributed by atoms with van der Waals surface area (Å²) >= 11 is 6.46. The van der Waals surface area contributed by atoms with E-state index in [9.17, 15) is 4.79 Å². The van der Waals surface area contributed by atoms with Crippen LogP contribution in [0.25, 0.3) is 27.8 Å². The number of rotatable bonds is 5. The van der Waals surface area contributed by atoms with Gasteiger partial charge in [0.2, 0.25) is 0 Å². The average molecular weight is 458 g/mol. The molecule has 0 radical (unpaired) electrons. The number of carbonyl (C=O) groups excluding carboxylic acids is 1. The third-order valence-corrected chi connectivity index (χ3v) is 5.65. The lowest BCUT2D eigenvalue weighted by Gasteiger charge is -2.15. The number of nitrogens with one attached hydrogen (secondary N) is 3. The van der Waals surface area contributed by atoms with Crippen molar-refractivity contribution in [2.24, 2.45) is 0 Å². The van der Waals surface area contributed by atoms with Crippen molar-refractivity contribution >= 4 is 45.6 Å². The molecule has 11 heteroatoms. The van der Waals surface area contributed by atoms with E-state index in [4.69, 9.17) is 16.3 Å². The molecule has 0 bridgehead atoms. The van der Waals surface area contributed by atoms with Crippen molar-refractivity contribution in [2.45, 2.75) is 38.8 Å². The zero-order valence-corrected chi connectivity index (χ0v) is 18.2. The number of fused-ring (bicyclic) bond motifs is 2. The van der Waals surface area contributed by atoms with Gasteiger partial charge in [-0.05, 0) is 26.7 Å². The summed E-state index contributed by atoms with van der Waals surface area (Å²) in [6.07, 6.45) is 7.58. The second-order valence-corrected chi connectivity index (χ2v) is 8.37. The number of halogens is 2. The van der Waals surface area contributed by atoms with E-state index in [1.807, 2.05) is 13.8 Å². The topological polar surface area (TPSA) is 109 Å². The zero-order valence-electron chi connectivity index (χ0n) is 17.4. The predicted molar refractivity (Wildman–Crippen MR) is 119 cm³/mol. The number of hydrogen-bond acceptors (Lipinski definition) is 6. The van der Waals surface area contributed by atoms with Gasteiger partial charge in [-0.3, -0.25) is 14.9 Å². The highest BCUT2D eigenvalue weighted by atomic mass is 35.5. The minimum absolute atomic E-state index is 0.00149. The van der Waals surface area contributed by atoms with E-state index >= 15 is 4.39 Å². The summed E-state index contributed by atoms with van der Waals surface area (Å²) in [4.78, 5) is 21.1. The second kappa shape index (κ2) is 8.03. The highest BCUT2D eigenvalue weighted by Crippen LogP contribution is 2.40. The molecule has 9 nitrogen and oxygen atoms in total. The van der Waals surface area contributed by atoms with Crippen molar-refractivity contribution in [3.05, 3.63) is 35.6 Å². The van der Waals surface area contributed by atoms with Crippen LogP contribution in [-0.2, 0) is 9.53 Å². The molecule has 4 aromatic rings. The fourth-order valence-electron chi connectivity index (χ4n) is 3.87. The van der Waals surface area contributed by atoms with Crippen LogP contribution in [0, 0.1) is 5.82 Å². The van der Waals surface area contributed by atoms with E-state index in [2.05, 4.69) is 30.8 Å². The number of benzene rings is 1. The molecular weight excluding hydrogens is 437 g/mol. The minimum Gasteiger partial charge on any atom is -0.379 e. The van der Waals surface area contributed by atoms with Gasteiger partial charge in [0, 0.05) is 29.8 Å². The maximum atomic E-state index is 15.2. The Morgan fingerprint density at radius 3 is 2.97 bits per heavy atom. The molecule has 0 saturated carbocycles. The number of hydrogen-bond donors (Lipinski definition) is 3. The molecule has 1 saturated heterocycles. The van der Waals surface area contributed by atoms with Gasteiger partial charge >= 0.3 is 0 Å². The van der Waals surface area contributed by atoms with Gasteiger partial charge in [-0.15, -0.1) is 0 Å². The number of ether oxygens (including phenoxy) is 1. The Kier molecular flexibility index (Phi) is 5.18. The van der Waals surface area contributed by atoms with Crippen LogP contribution in [0.3, 0.4) is 0 Å². The van der Waals surface area contributed by atoms with E-state index in [-0.39, 0.29) is 22.7 Å². The van der Waals surface area contributed by atoms with Crippen LogP contribution in [0.15, 0.2) is 24.8 Å². The van der Waals surface area contributed by atoms with Crippen LogP contribution >= 0.6 is 11.6 Å². The van der Waals surface area contributed by atoms with Gasteiger partial charge in [0.25, 0.3) is 5.91 Å². The molecular formula is C21H21ClFN7O2. The smallest absolute Gasteiger partial charge is 0.254 e. The van der Waals surface area contributed by atoms with Gasteiger partial charge < -0.3 is 19.8 Å². The van der Waals surface area contributed by atoms with Crippen molar-refractivity contribution in [2.75, 3.05) is 17.2 Å². The van der Waals surface area contributed by atoms with Crippen LogP contribution in [0.1, 0.15) is 26.7 Å². The van der Waals surface area contributed by atoms with Crippen LogP contribution in [-0.4, -0.2) is 49.2 Å². The molecule has 5 rings (SSSR count). The number of anilines is 2. The lowest BCUT2D eigenvalue weighted by molar-refractivity contribution is -0.124. The molecule has 1 unspecified atom stereocenters. The van der Waals surface area contributed by atoms with E-state index < -0.39 is 11.9 Å². The molecule has 3 N–H and O–H groups in total. The van der Waals surface area contributed by atoms with Gasteiger partial charge in [0.15, 0.2) is 17.3 Å². The Morgan fingerprint density at radius 2 is 2.22 bits per heavy atom. The van der Waals surface area contributed by atoms with Crippen LogP contribution in [0.2, 0.25) is 5.02 Å². The quantitative estimate of drug-likeness (QED) is 0.418. The fraction of sp³-hybridized carbons (Fsp3) is 0.333. The molecule has 3 aromatic heterocycles. The summed E-state index contributed by atoms with van der Waals surface area (Å²) in [5.74, 6) is -0.423. The maximum absolute atomic E-state index is 15.2. The lowest BCUT2D eigenvalue weighted by atomic mass is 10.1. The molecule has 1 aromatic carbocycles. The third kappa shape index (κ3) is 3.55. The molecule has 1 fully saturated rings. The third-order valence-electron chi connectivity index (χ3n) is 5.29. The Labute approximate surface area is 187 Å². The first-order valence-corrected chi connectivity index (χ1v) is 10.7. The van der Waals surface area contributed by atoms with Crippen molar-refractivity contribution in [3.63, 3.8) is 0 Å². The summed E-state index contributed by atoms with van der Waals surface area (Å²) < 4.78 is 22.3. The average Bonchev–Trinajstić information content (AvgIpc) is 3.50. The number of imidazole rings is 1. The van der Waals surface area contributed by atoms with Crippen molar-refractivity contribution in [1.29, 1.82) is 0 Å². The first-order chi connectivity index (χ1) is 15.4. The molecule has 32 heavy (non-hydrogen) atoms. The number of H-pyrrole nitrogens is 1. The first-order valence-electron chi connectivity index (χ1n) is 10.3. The number of nitrogens with zero attached hydrogens (tertiary/aromatic N) is 4. The molecule has 0 spiro atoms. The Morgan fingerprint density at radius 1 is 1.38 bits per heavy atom. The van der Waals surface area contributed by atoms with Crippen molar-refractivity contribution in [1.82, 2.24) is 24.6 Å². The molecule has 1 amide bonds. The van der Waals surface area contributed by atoms with Crippen LogP contribution in [0.5, 0.6) is 0 Å². The van der Waals surface area contributed by atoms with Gasteiger partial charge in [-0.25, -0.2) is 9.37 Å². The fourth-order valence-corrected chi connectivity index (χ4v) is 4.16. The number of aromatic nitrogens is 5. The number of aromatic amines is 1. The molecule has 166 valence electrons. The highest BCUT2D eigenvalue weighted by Gasteiger charge is 2.25. The number of carbonyl (C=O) groups is 1. The largest absolute Gasteiger partial charge is 0.379 e. The summed E-state index contributed by atoms with van der Waals surface area (Å²) in [7, 11) is 0. The normalized spacial score (nSPS) is 16.3. The SMILES string of the molecule is CC(C)Nc1c(F)c(Cl)c(-c2cn3cc(NC(=O)C4CCCO4)nc3cn2)c2cn[nH]c12. The first kappa shape index (κ1) is 20.7. The van der Waals surface area contributed by atoms with E-state index in [0.29, 0.717) is 46.7 Å². The Balaban J connectivity index is 1.54. The van der Waals surface area contributed by atoms with E-state index in [1.54, 1.807) is 23.0 Å². The predicted octanol–water partition coefficient (Wildman–Crippen LogP) is 4.00. The van der Waals surface area contributed by atoms with E-state index in [1.165, 1.54) is 6.20 Å². The standard InChI is InChI=1S/C21H21ClFN7O2/c1-10(2)26-20-18(23)17(22)16(11-6-25-29-19(11)20)12-8-30-9-14(27-15(30)7-24-12)28-21(31)13-4-3-5-32-13/h6-10,13,26H,3-5H2,1-2H3,(H,25,29)(H,28,31). The molecule has 1 aliphatic rings. The van der Waals surface area contributed by atoms with Crippen LogP contribution < -0.4 is 10.6 Å². The monoisotopic (exact) mass is 457 g/mol. The summed E-state index contributed by atoms with van der Waals surface area (Å²) in [6.45, 7) is 4.40. The Bertz CT molecular complexity index is 1330. The molecule has 0 aliphatic carbocycles. The Hall–Kier alpha value is -3.24. The van der Waals surface area contributed by atoms with Crippen molar-refractivity contribution < 1.29 is 13.9 Å². The lowest BCUT2D eigenvalue weighted by Crippen LogP contribution is -2.26. The minimum atomic E-state index is -0.579. The summed E-state index contributed by atoms with van der Waals surface area (Å²) in [5, 5.41) is 13.4. The van der Waals surface area contributed by atoms with Crippen molar-refractivity contribution in [3.8, 4) is 11.3 Å². The van der Waals surface area contributed by atoms with Crippen LogP contribution in [0.4, 0.5) is 15.9 Å².